The van der Waals surface area contributed by atoms with Crippen LogP contribution in [0.2, 0.25) is 0 Å². The summed E-state index contributed by atoms with van der Waals surface area (Å²) in [6.07, 6.45) is -4.72. The van der Waals surface area contributed by atoms with Gasteiger partial charge in [-0.3, -0.25) is 13.9 Å². The van der Waals surface area contributed by atoms with Crippen molar-refractivity contribution in [1.29, 1.82) is 0 Å². The zero-order valence-corrected chi connectivity index (χ0v) is 16.0. The number of anilines is 1. The van der Waals surface area contributed by atoms with E-state index in [0.29, 0.717) is 0 Å². The molecule has 154 valence electrons. The number of ether oxygens (including phenoxy) is 1. The van der Waals surface area contributed by atoms with Gasteiger partial charge in [0.15, 0.2) is 0 Å². The average Bonchev–Trinajstić information content (AvgIpc) is 2.68. The summed E-state index contributed by atoms with van der Waals surface area (Å²) < 4.78 is 47.9. The fourth-order valence-corrected chi connectivity index (χ4v) is 3.59. The summed E-state index contributed by atoms with van der Waals surface area (Å²) in [6.45, 7) is 1.47. The van der Waals surface area contributed by atoms with Gasteiger partial charge in [-0.15, -0.1) is 0 Å². The molecule has 1 aromatic heterocycles. The first-order valence-electron chi connectivity index (χ1n) is 8.52. The van der Waals surface area contributed by atoms with Gasteiger partial charge in [0.25, 0.3) is 5.56 Å². The first kappa shape index (κ1) is 20.4. The number of hydrogen-bond acceptors (Lipinski definition) is 5. The van der Waals surface area contributed by atoms with E-state index in [0.717, 1.165) is 22.3 Å². The second-order valence-corrected chi connectivity index (χ2v) is 6.64. The summed E-state index contributed by atoms with van der Waals surface area (Å²) in [7, 11) is 3.71. The van der Waals surface area contributed by atoms with Crippen molar-refractivity contribution in [3.63, 3.8) is 0 Å². The Morgan fingerprint density at radius 2 is 1.76 bits per heavy atom. The smallest absolute Gasteiger partial charge is 0.416 e. The third-order valence-electron chi connectivity index (χ3n) is 4.97. The van der Waals surface area contributed by atoms with Crippen LogP contribution in [0.1, 0.15) is 29.5 Å². The van der Waals surface area contributed by atoms with Crippen molar-refractivity contribution in [1.82, 2.24) is 9.13 Å². The predicted molar refractivity (Wildman–Crippen MR) is 98.5 cm³/mol. The van der Waals surface area contributed by atoms with Crippen LogP contribution in [-0.4, -0.2) is 22.2 Å². The summed E-state index contributed by atoms with van der Waals surface area (Å²) in [6, 6.07) is 4.71. The number of aromatic nitrogens is 2. The van der Waals surface area contributed by atoms with Crippen LogP contribution >= 0.6 is 0 Å². The molecule has 7 nitrogen and oxygen atoms in total. The Kier molecular flexibility index (Phi) is 4.89. The highest BCUT2D eigenvalue weighted by molar-refractivity contribution is 5.94. The number of rotatable bonds is 2. The van der Waals surface area contributed by atoms with Crippen LogP contribution in [0.3, 0.4) is 0 Å². The highest BCUT2D eigenvalue weighted by atomic mass is 19.4. The number of allylic oxidation sites excluding steroid dienone is 1. The van der Waals surface area contributed by atoms with Crippen molar-refractivity contribution in [3.05, 3.63) is 73.1 Å². The molecule has 1 atom stereocenters. The van der Waals surface area contributed by atoms with Crippen molar-refractivity contribution in [3.8, 4) is 0 Å². The molecule has 1 aliphatic heterocycles. The maximum atomic E-state index is 13.7. The maximum absolute atomic E-state index is 13.7. The van der Waals surface area contributed by atoms with Crippen molar-refractivity contribution in [2.75, 3.05) is 12.4 Å². The number of alkyl halides is 3. The van der Waals surface area contributed by atoms with Crippen LogP contribution in [0.4, 0.5) is 19.0 Å². The Hall–Kier alpha value is -3.30. The Morgan fingerprint density at radius 3 is 2.34 bits per heavy atom. The molecule has 0 unspecified atom stereocenters. The highest BCUT2D eigenvalue weighted by Crippen LogP contribution is 2.44. The average molecular weight is 409 g/mol. The molecule has 29 heavy (non-hydrogen) atoms. The third kappa shape index (κ3) is 3.14. The minimum absolute atomic E-state index is 0.0326. The van der Waals surface area contributed by atoms with Gasteiger partial charge in [-0.1, -0.05) is 18.2 Å². The number of nitrogens with zero attached hydrogens (tertiary/aromatic N) is 2. The van der Waals surface area contributed by atoms with Crippen LogP contribution in [0.15, 0.2) is 45.1 Å². The zero-order chi connectivity index (χ0) is 21.7. The summed E-state index contributed by atoms with van der Waals surface area (Å²) >= 11 is 0. The van der Waals surface area contributed by atoms with Crippen molar-refractivity contribution < 1.29 is 22.7 Å². The molecule has 0 bridgehead atoms. The number of esters is 1. The minimum Gasteiger partial charge on any atom is -0.466 e. The van der Waals surface area contributed by atoms with E-state index in [1.807, 2.05) is 0 Å². The van der Waals surface area contributed by atoms with Gasteiger partial charge < -0.3 is 10.1 Å². The van der Waals surface area contributed by atoms with Crippen molar-refractivity contribution in [2.45, 2.75) is 19.0 Å². The van der Waals surface area contributed by atoms with Crippen LogP contribution in [0.5, 0.6) is 0 Å². The Balaban J connectivity index is 2.49. The molecule has 0 saturated carbocycles. The largest absolute Gasteiger partial charge is 0.466 e. The molecular weight excluding hydrogens is 391 g/mol. The number of fused-ring (bicyclic) bond motifs is 1. The zero-order valence-electron chi connectivity index (χ0n) is 16.0. The van der Waals surface area contributed by atoms with Crippen LogP contribution < -0.4 is 16.6 Å². The van der Waals surface area contributed by atoms with Gasteiger partial charge in [-0.25, -0.2) is 9.59 Å². The molecule has 2 heterocycles. The number of methoxy groups -OCH3 is 1. The second kappa shape index (κ2) is 6.94. The Labute approximate surface area is 163 Å². The lowest BCUT2D eigenvalue weighted by Gasteiger charge is -2.31. The molecule has 10 heteroatoms. The third-order valence-corrected chi connectivity index (χ3v) is 4.97. The monoisotopic (exact) mass is 409 g/mol. The number of nitrogens with one attached hydrogen (secondary N) is 1. The van der Waals surface area contributed by atoms with E-state index in [4.69, 9.17) is 4.74 Å². The Morgan fingerprint density at radius 1 is 1.14 bits per heavy atom. The van der Waals surface area contributed by atoms with Crippen LogP contribution in [-0.2, 0) is 29.8 Å². The molecule has 0 fully saturated rings. The molecule has 0 saturated heterocycles. The highest BCUT2D eigenvalue weighted by Gasteiger charge is 2.42. The summed E-state index contributed by atoms with van der Waals surface area (Å²) in [5.41, 5.74) is -2.80. The number of carbonyl (C=O) groups excluding carboxylic acids is 1. The summed E-state index contributed by atoms with van der Waals surface area (Å²) in [5, 5.41) is 2.81. The standard InChI is InChI=1S/C19H18F3N3O4/c1-9-12(17(27)29-4)13(10-7-5-6-8-11(10)19(20,21)22)14-15(23-9)24(2)18(28)25(3)16(14)26/h5-8,13,23H,1-4H3/t13-/m0/s1. The molecule has 2 aromatic rings. The van der Waals surface area contributed by atoms with Crippen molar-refractivity contribution >= 4 is 11.8 Å². The minimum atomic E-state index is -4.72. The lowest BCUT2D eigenvalue weighted by Crippen LogP contribution is -2.43. The van der Waals surface area contributed by atoms with E-state index < -0.39 is 34.9 Å². The van der Waals surface area contributed by atoms with Gasteiger partial charge in [0.05, 0.1) is 29.7 Å². The van der Waals surface area contributed by atoms with E-state index in [-0.39, 0.29) is 28.2 Å². The Bertz CT molecular complexity index is 1160. The fourth-order valence-electron chi connectivity index (χ4n) is 3.59. The molecule has 1 aliphatic rings. The molecular formula is C19H18F3N3O4. The molecule has 0 radical (unpaired) electrons. The molecule has 1 N–H and O–H groups in total. The predicted octanol–water partition coefficient (Wildman–Crippen LogP) is 2.11. The molecule has 1 aromatic carbocycles. The van der Waals surface area contributed by atoms with Gasteiger partial charge in [-0.05, 0) is 18.6 Å². The summed E-state index contributed by atoms with van der Waals surface area (Å²) in [4.78, 5) is 37.8. The molecule has 0 amide bonds. The van der Waals surface area contributed by atoms with E-state index in [9.17, 15) is 27.6 Å². The van der Waals surface area contributed by atoms with Gasteiger partial charge in [0, 0.05) is 19.8 Å². The van der Waals surface area contributed by atoms with Gasteiger partial charge in [-0.2, -0.15) is 13.2 Å². The lowest BCUT2D eigenvalue weighted by atomic mass is 9.80. The van der Waals surface area contributed by atoms with E-state index in [1.54, 1.807) is 0 Å². The SMILES string of the molecule is COC(=O)C1=C(C)Nc2c(c(=O)n(C)c(=O)n2C)[C@H]1c1ccccc1C(F)(F)F. The fraction of sp³-hybridized carbons (Fsp3) is 0.316. The van der Waals surface area contributed by atoms with Crippen molar-refractivity contribution in [2.24, 2.45) is 14.1 Å². The molecule has 0 spiro atoms. The van der Waals surface area contributed by atoms with E-state index >= 15 is 0 Å². The first-order chi connectivity index (χ1) is 13.5. The van der Waals surface area contributed by atoms with Gasteiger partial charge in [0.1, 0.15) is 5.82 Å². The second-order valence-electron chi connectivity index (χ2n) is 6.64. The number of hydrogen-bond donors (Lipinski definition) is 1. The van der Waals surface area contributed by atoms with E-state index in [1.165, 1.54) is 39.2 Å². The maximum Gasteiger partial charge on any atom is 0.416 e. The quantitative estimate of drug-likeness (QED) is 0.769. The topological polar surface area (TPSA) is 82.3 Å². The number of halogens is 3. The normalized spacial score (nSPS) is 16.3. The van der Waals surface area contributed by atoms with Crippen LogP contribution in [0.25, 0.3) is 0 Å². The lowest BCUT2D eigenvalue weighted by molar-refractivity contribution is -0.139. The molecule has 0 aliphatic carbocycles. The van der Waals surface area contributed by atoms with Crippen LogP contribution in [0, 0.1) is 0 Å². The number of carbonyl (C=O) groups is 1. The first-order valence-corrected chi connectivity index (χ1v) is 8.52. The summed E-state index contributed by atoms with van der Waals surface area (Å²) in [5.74, 6) is -2.22. The number of benzene rings is 1. The molecule has 3 rings (SSSR count). The van der Waals surface area contributed by atoms with E-state index in [2.05, 4.69) is 5.32 Å². The van der Waals surface area contributed by atoms with Gasteiger partial charge in [0.2, 0.25) is 0 Å². The van der Waals surface area contributed by atoms with Gasteiger partial charge >= 0.3 is 17.8 Å².